The standard InChI is InChI=1S/C10H13F4N3O2S/c1-2-15-8-7(4-3-5-16-8)20(18,19)17-6-10(13,14)9(11)12/h3-5,9,17H,2,6H2,1H3,(H,15,16). The van der Waals surface area contributed by atoms with Gasteiger partial charge in [-0.1, -0.05) is 0 Å². The lowest BCUT2D eigenvalue weighted by Crippen LogP contribution is -2.41. The van der Waals surface area contributed by atoms with Gasteiger partial charge in [0.1, 0.15) is 10.7 Å². The Hall–Kier alpha value is -1.42. The Morgan fingerprint density at radius 1 is 1.40 bits per heavy atom. The molecule has 10 heteroatoms. The average molecular weight is 315 g/mol. The van der Waals surface area contributed by atoms with Gasteiger partial charge in [0.15, 0.2) is 0 Å². The van der Waals surface area contributed by atoms with Crippen LogP contribution >= 0.6 is 0 Å². The number of nitrogens with one attached hydrogen (secondary N) is 2. The summed E-state index contributed by atoms with van der Waals surface area (Å²) in [5.74, 6) is -4.48. The lowest BCUT2D eigenvalue weighted by Gasteiger charge is -2.16. The average Bonchev–Trinajstić information content (AvgIpc) is 2.37. The van der Waals surface area contributed by atoms with Gasteiger partial charge in [-0.3, -0.25) is 0 Å². The second-order valence-electron chi connectivity index (χ2n) is 3.77. The van der Waals surface area contributed by atoms with Gasteiger partial charge in [0.25, 0.3) is 0 Å². The zero-order valence-corrected chi connectivity index (χ0v) is 11.2. The Kier molecular flexibility index (Phi) is 5.28. The van der Waals surface area contributed by atoms with Crippen molar-refractivity contribution >= 4 is 15.8 Å². The first-order valence-electron chi connectivity index (χ1n) is 5.55. The number of halogens is 4. The lowest BCUT2D eigenvalue weighted by molar-refractivity contribution is -0.122. The molecule has 0 fully saturated rings. The number of alkyl halides is 4. The molecular formula is C10H13F4N3O2S. The van der Waals surface area contributed by atoms with Crippen LogP contribution in [0, 0.1) is 0 Å². The van der Waals surface area contributed by atoms with E-state index in [0.717, 1.165) is 6.07 Å². The maximum Gasteiger partial charge on any atom is 0.320 e. The van der Waals surface area contributed by atoms with Crippen molar-refractivity contribution in [3.8, 4) is 0 Å². The zero-order chi connectivity index (χ0) is 15.4. The van der Waals surface area contributed by atoms with E-state index < -0.39 is 28.9 Å². The van der Waals surface area contributed by atoms with E-state index >= 15 is 0 Å². The van der Waals surface area contributed by atoms with Crippen LogP contribution in [0.1, 0.15) is 6.92 Å². The predicted octanol–water partition coefficient (Wildman–Crippen LogP) is 1.69. The van der Waals surface area contributed by atoms with Crippen molar-refractivity contribution in [1.29, 1.82) is 0 Å². The molecule has 0 saturated carbocycles. The molecule has 0 spiro atoms. The maximum atomic E-state index is 12.7. The van der Waals surface area contributed by atoms with Crippen molar-refractivity contribution in [3.63, 3.8) is 0 Å². The third-order valence-electron chi connectivity index (χ3n) is 2.22. The van der Waals surface area contributed by atoms with Gasteiger partial charge in [0.05, 0.1) is 6.54 Å². The third kappa shape index (κ3) is 4.04. The predicted molar refractivity (Wildman–Crippen MR) is 64.5 cm³/mol. The quantitative estimate of drug-likeness (QED) is 0.751. The SMILES string of the molecule is CCNc1ncccc1S(=O)(=O)NCC(F)(F)C(F)F. The highest BCUT2D eigenvalue weighted by atomic mass is 32.2. The fourth-order valence-corrected chi connectivity index (χ4v) is 2.43. The zero-order valence-electron chi connectivity index (χ0n) is 10.4. The van der Waals surface area contributed by atoms with Crippen LogP contribution in [0.3, 0.4) is 0 Å². The Morgan fingerprint density at radius 2 is 2.05 bits per heavy atom. The number of sulfonamides is 1. The minimum Gasteiger partial charge on any atom is -0.369 e. The topological polar surface area (TPSA) is 71.1 Å². The van der Waals surface area contributed by atoms with Crippen LogP contribution in [-0.2, 0) is 10.0 Å². The van der Waals surface area contributed by atoms with Gasteiger partial charge in [0, 0.05) is 12.7 Å². The molecule has 0 amide bonds. The summed E-state index contributed by atoms with van der Waals surface area (Å²) in [5.41, 5.74) is 0. The van der Waals surface area contributed by atoms with Crippen LogP contribution in [0.25, 0.3) is 0 Å². The summed E-state index contributed by atoms with van der Waals surface area (Å²) < 4.78 is 74.5. The van der Waals surface area contributed by atoms with Gasteiger partial charge in [-0.15, -0.1) is 0 Å². The van der Waals surface area contributed by atoms with Crippen molar-refractivity contribution in [2.45, 2.75) is 24.2 Å². The summed E-state index contributed by atoms with van der Waals surface area (Å²) >= 11 is 0. The van der Waals surface area contributed by atoms with Gasteiger partial charge in [-0.2, -0.15) is 8.78 Å². The first kappa shape index (κ1) is 16.6. The molecular weight excluding hydrogens is 302 g/mol. The van der Waals surface area contributed by atoms with E-state index in [0.29, 0.717) is 6.54 Å². The van der Waals surface area contributed by atoms with Gasteiger partial charge in [-0.25, -0.2) is 26.9 Å². The van der Waals surface area contributed by atoms with Gasteiger partial charge in [0.2, 0.25) is 10.0 Å². The summed E-state index contributed by atoms with van der Waals surface area (Å²) in [7, 11) is -4.37. The normalized spacial score (nSPS) is 12.7. The highest BCUT2D eigenvalue weighted by Gasteiger charge is 2.41. The van der Waals surface area contributed by atoms with Crippen LogP contribution < -0.4 is 10.0 Å². The molecule has 1 aromatic rings. The summed E-state index contributed by atoms with van der Waals surface area (Å²) in [6.07, 6.45) is -2.64. The fraction of sp³-hybridized carbons (Fsp3) is 0.500. The van der Waals surface area contributed by atoms with E-state index in [2.05, 4.69) is 10.3 Å². The number of rotatable bonds is 7. The Bertz CT molecular complexity index is 551. The molecule has 0 radical (unpaired) electrons. The van der Waals surface area contributed by atoms with Crippen molar-refractivity contribution in [2.24, 2.45) is 0 Å². The third-order valence-corrected chi connectivity index (χ3v) is 3.65. The van der Waals surface area contributed by atoms with E-state index in [4.69, 9.17) is 0 Å². The van der Waals surface area contributed by atoms with Crippen molar-refractivity contribution < 1.29 is 26.0 Å². The molecule has 5 nitrogen and oxygen atoms in total. The minimum atomic E-state index is -4.44. The molecule has 1 heterocycles. The van der Waals surface area contributed by atoms with Gasteiger partial charge >= 0.3 is 12.3 Å². The van der Waals surface area contributed by atoms with Crippen molar-refractivity contribution in [3.05, 3.63) is 18.3 Å². The van der Waals surface area contributed by atoms with Crippen LogP contribution in [-0.4, -0.2) is 38.8 Å². The number of pyridine rings is 1. The second-order valence-corrected chi connectivity index (χ2v) is 5.50. The molecule has 114 valence electrons. The summed E-state index contributed by atoms with van der Waals surface area (Å²) in [5, 5.41) is 2.64. The number of hydrogen-bond acceptors (Lipinski definition) is 4. The summed E-state index contributed by atoms with van der Waals surface area (Å²) in [6, 6.07) is 2.43. The van der Waals surface area contributed by atoms with Crippen LogP contribution in [0.15, 0.2) is 23.2 Å². The molecule has 0 unspecified atom stereocenters. The van der Waals surface area contributed by atoms with Gasteiger partial charge in [-0.05, 0) is 19.1 Å². The summed E-state index contributed by atoms with van der Waals surface area (Å²) in [4.78, 5) is 3.37. The minimum absolute atomic E-state index is 0.0390. The van der Waals surface area contributed by atoms with E-state index in [-0.39, 0.29) is 10.7 Å². The number of aromatic nitrogens is 1. The molecule has 0 aliphatic rings. The van der Waals surface area contributed by atoms with Gasteiger partial charge < -0.3 is 5.32 Å². The molecule has 1 rings (SSSR count). The van der Waals surface area contributed by atoms with Crippen LogP contribution in [0.5, 0.6) is 0 Å². The van der Waals surface area contributed by atoms with Crippen molar-refractivity contribution in [2.75, 3.05) is 18.4 Å². The lowest BCUT2D eigenvalue weighted by atomic mass is 10.4. The molecule has 20 heavy (non-hydrogen) atoms. The second kappa shape index (κ2) is 6.35. The molecule has 1 aromatic heterocycles. The van der Waals surface area contributed by atoms with Crippen molar-refractivity contribution in [1.82, 2.24) is 9.71 Å². The molecule has 0 bridgehead atoms. The number of hydrogen-bond donors (Lipinski definition) is 2. The van der Waals surface area contributed by atoms with E-state index in [1.807, 2.05) is 0 Å². The number of nitrogens with zero attached hydrogens (tertiary/aromatic N) is 1. The molecule has 0 aliphatic carbocycles. The molecule has 0 aromatic carbocycles. The van der Waals surface area contributed by atoms with E-state index in [9.17, 15) is 26.0 Å². The first-order chi connectivity index (χ1) is 9.20. The first-order valence-corrected chi connectivity index (χ1v) is 7.03. The molecule has 2 N–H and O–H groups in total. The highest BCUT2D eigenvalue weighted by Crippen LogP contribution is 2.23. The maximum absolute atomic E-state index is 12.7. The molecule has 0 atom stereocenters. The molecule has 0 saturated heterocycles. The monoisotopic (exact) mass is 315 g/mol. The Morgan fingerprint density at radius 3 is 2.60 bits per heavy atom. The Balaban J connectivity index is 2.95. The fourth-order valence-electron chi connectivity index (χ4n) is 1.25. The highest BCUT2D eigenvalue weighted by molar-refractivity contribution is 7.89. The smallest absolute Gasteiger partial charge is 0.320 e. The Labute approximate surface area is 113 Å². The van der Waals surface area contributed by atoms with E-state index in [1.54, 1.807) is 6.92 Å². The summed E-state index contributed by atoms with van der Waals surface area (Å²) in [6.45, 7) is 0.351. The van der Waals surface area contributed by atoms with Crippen LogP contribution in [0.2, 0.25) is 0 Å². The van der Waals surface area contributed by atoms with E-state index in [1.165, 1.54) is 17.0 Å². The molecule has 0 aliphatic heterocycles. The largest absolute Gasteiger partial charge is 0.369 e. The number of anilines is 1. The van der Waals surface area contributed by atoms with Crippen LogP contribution in [0.4, 0.5) is 23.4 Å².